The number of carbonyl (C=O) groups excluding carboxylic acids is 1. The second-order valence-electron chi connectivity index (χ2n) is 5.47. The largest absolute Gasteiger partial charge is 0.465 e. The van der Waals surface area contributed by atoms with Crippen molar-refractivity contribution in [3.63, 3.8) is 0 Å². The third-order valence-corrected chi connectivity index (χ3v) is 7.26. The van der Waals surface area contributed by atoms with Crippen LogP contribution < -0.4 is 0 Å². The Morgan fingerprint density at radius 2 is 2.00 bits per heavy atom. The Hall–Kier alpha value is -0.313. The van der Waals surface area contributed by atoms with Gasteiger partial charge in [0.2, 0.25) is 0 Å². The highest BCUT2D eigenvalue weighted by Gasteiger charge is 2.79. The molecule has 0 amide bonds. The summed E-state index contributed by atoms with van der Waals surface area (Å²) in [7, 11) is -1.38. The highest BCUT2D eigenvalue weighted by molar-refractivity contribution is 6.83. The average Bonchev–Trinajstić information content (AvgIpc) is 2.46. The predicted octanol–water partition coefficient (Wildman–Crippen LogP) is 2.03. The number of cyclic esters (lactones) is 1. The molecule has 0 aromatic rings. The molecule has 12 heavy (non-hydrogen) atoms. The maximum absolute atomic E-state index is 11.6. The van der Waals surface area contributed by atoms with Crippen LogP contribution in [0.4, 0.5) is 0 Å². The number of hydrogen-bond acceptors (Lipinski definition) is 2. The monoisotopic (exact) mass is 184 g/mol. The van der Waals surface area contributed by atoms with Gasteiger partial charge in [0, 0.05) is 5.41 Å². The molecule has 0 unspecified atom stereocenters. The number of carbonyl (C=O) groups is 1. The summed E-state index contributed by atoms with van der Waals surface area (Å²) in [5.41, 5.74) is 0.203. The summed E-state index contributed by atoms with van der Waals surface area (Å²) < 4.78 is 5.14. The topological polar surface area (TPSA) is 26.3 Å². The first-order valence-electron chi connectivity index (χ1n) is 4.51. The molecule has 0 bridgehead atoms. The third-order valence-electron chi connectivity index (χ3n) is 3.71. The highest BCUT2D eigenvalue weighted by Crippen LogP contribution is 2.78. The molecule has 1 saturated heterocycles. The summed E-state index contributed by atoms with van der Waals surface area (Å²) >= 11 is 0. The first kappa shape index (κ1) is 8.29. The maximum Gasteiger partial charge on any atom is 0.309 e. The number of hydrogen-bond donors (Lipinski definition) is 0. The van der Waals surface area contributed by atoms with Gasteiger partial charge in [0.05, 0.1) is 19.7 Å². The second kappa shape index (κ2) is 1.79. The van der Waals surface area contributed by atoms with Gasteiger partial charge in [-0.15, -0.1) is 0 Å². The second-order valence-corrected chi connectivity index (χ2v) is 10.8. The van der Waals surface area contributed by atoms with Crippen molar-refractivity contribution in [2.75, 3.05) is 6.61 Å². The van der Waals surface area contributed by atoms with E-state index in [0.717, 1.165) is 6.42 Å². The zero-order chi connectivity index (χ0) is 9.20. The van der Waals surface area contributed by atoms with Gasteiger partial charge in [0.1, 0.15) is 0 Å². The summed E-state index contributed by atoms with van der Waals surface area (Å²) in [4.78, 5) is 11.6. The van der Waals surface area contributed by atoms with Crippen LogP contribution in [0.3, 0.4) is 0 Å². The fourth-order valence-electron chi connectivity index (χ4n) is 2.86. The molecule has 0 spiro atoms. The van der Waals surface area contributed by atoms with E-state index in [2.05, 4.69) is 26.6 Å². The lowest BCUT2D eigenvalue weighted by molar-refractivity contribution is -0.140. The molecule has 2 aliphatic rings. The number of fused-ring (bicyclic) bond motifs is 1. The lowest BCUT2D eigenvalue weighted by Crippen LogP contribution is -2.36. The van der Waals surface area contributed by atoms with E-state index in [4.69, 9.17) is 4.74 Å². The standard InChI is InChI=1S/C9H16O2Si/c1-8-5-9(8,12(2,3)4)7(10)11-6-8/h5-6H2,1-4H3/t8-,9-/m1/s1. The van der Waals surface area contributed by atoms with Crippen molar-refractivity contribution in [3.8, 4) is 0 Å². The van der Waals surface area contributed by atoms with Crippen LogP contribution in [0.15, 0.2) is 0 Å². The third kappa shape index (κ3) is 0.644. The van der Waals surface area contributed by atoms with Gasteiger partial charge < -0.3 is 4.74 Å². The Labute approximate surface area is 74.3 Å². The summed E-state index contributed by atoms with van der Waals surface area (Å²) in [6, 6.07) is 0. The van der Waals surface area contributed by atoms with E-state index in [1.807, 2.05) is 0 Å². The molecule has 1 aliphatic carbocycles. The molecule has 1 saturated carbocycles. The molecule has 1 heterocycles. The minimum atomic E-state index is -1.38. The van der Waals surface area contributed by atoms with Gasteiger partial charge >= 0.3 is 5.97 Å². The molecule has 0 N–H and O–H groups in total. The molecule has 2 nitrogen and oxygen atoms in total. The molecule has 68 valence electrons. The number of ether oxygens (including phenoxy) is 1. The smallest absolute Gasteiger partial charge is 0.309 e. The predicted molar refractivity (Wildman–Crippen MR) is 49.7 cm³/mol. The lowest BCUT2D eigenvalue weighted by atomic mass is 10.1. The summed E-state index contributed by atoms with van der Waals surface area (Å²) in [6.07, 6.45) is 1.08. The van der Waals surface area contributed by atoms with E-state index in [-0.39, 0.29) is 16.4 Å². The molecule has 0 aromatic carbocycles. The number of rotatable bonds is 1. The molecule has 0 radical (unpaired) electrons. The van der Waals surface area contributed by atoms with E-state index < -0.39 is 8.07 Å². The van der Waals surface area contributed by atoms with Crippen LogP contribution in [0.2, 0.25) is 24.7 Å². The first-order valence-corrected chi connectivity index (χ1v) is 8.01. The van der Waals surface area contributed by atoms with Crippen LogP contribution >= 0.6 is 0 Å². The van der Waals surface area contributed by atoms with Gasteiger partial charge in [-0.2, -0.15) is 0 Å². The van der Waals surface area contributed by atoms with Gasteiger partial charge in [-0.1, -0.05) is 26.6 Å². The van der Waals surface area contributed by atoms with Crippen LogP contribution in [0.25, 0.3) is 0 Å². The van der Waals surface area contributed by atoms with Gasteiger partial charge in [0.25, 0.3) is 0 Å². The van der Waals surface area contributed by atoms with Crippen molar-refractivity contribution in [2.24, 2.45) is 5.41 Å². The maximum atomic E-state index is 11.6. The Balaban J connectivity index is 2.41. The fourth-order valence-corrected chi connectivity index (χ4v) is 6.35. The Bertz CT molecular complexity index is 248. The van der Waals surface area contributed by atoms with Crippen molar-refractivity contribution in [2.45, 2.75) is 38.0 Å². The average molecular weight is 184 g/mol. The van der Waals surface area contributed by atoms with Crippen LogP contribution in [0, 0.1) is 5.41 Å². The zero-order valence-electron chi connectivity index (χ0n) is 8.23. The summed E-state index contributed by atoms with van der Waals surface area (Å²) in [5.74, 6) is 0.0872. The van der Waals surface area contributed by atoms with Crippen molar-refractivity contribution < 1.29 is 9.53 Å². The van der Waals surface area contributed by atoms with E-state index in [1.165, 1.54) is 0 Å². The quantitative estimate of drug-likeness (QED) is 0.460. The molecule has 2 atom stereocenters. The van der Waals surface area contributed by atoms with Gasteiger partial charge in [-0.3, -0.25) is 4.79 Å². The van der Waals surface area contributed by atoms with E-state index in [1.54, 1.807) is 0 Å². The van der Waals surface area contributed by atoms with E-state index >= 15 is 0 Å². The normalized spacial score (nSPS) is 45.5. The Morgan fingerprint density at radius 3 is 2.17 bits per heavy atom. The van der Waals surface area contributed by atoms with Gasteiger partial charge in [-0.25, -0.2) is 0 Å². The van der Waals surface area contributed by atoms with Crippen LogP contribution in [-0.2, 0) is 9.53 Å². The highest BCUT2D eigenvalue weighted by atomic mass is 28.3. The Morgan fingerprint density at radius 1 is 1.42 bits per heavy atom. The van der Waals surface area contributed by atoms with Crippen molar-refractivity contribution >= 4 is 14.0 Å². The molecule has 3 heteroatoms. The molecule has 0 aromatic heterocycles. The SMILES string of the molecule is C[C@@]12COC(=O)[C@]1([Si](C)(C)C)C2. The van der Waals surface area contributed by atoms with Crippen molar-refractivity contribution in [1.29, 1.82) is 0 Å². The van der Waals surface area contributed by atoms with Crippen LogP contribution in [0.5, 0.6) is 0 Å². The van der Waals surface area contributed by atoms with Crippen LogP contribution in [-0.4, -0.2) is 20.7 Å². The minimum absolute atomic E-state index is 0.0278. The molecule has 1 aliphatic heterocycles. The summed E-state index contributed by atoms with van der Waals surface area (Å²) in [5, 5.41) is -0.0278. The summed E-state index contributed by atoms with van der Waals surface area (Å²) in [6.45, 7) is 9.66. The van der Waals surface area contributed by atoms with Crippen molar-refractivity contribution in [1.82, 2.24) is 0 Å². The van der Waals surface area contributed by atoms with Gasteiger partial charge in [-0.05, 0) is 6.42 Å². The van der Waals surface area contributed by atoms with Crippen molar-refractivity contribution in [3.05, 3.63) is 0 Å². The van der Waals surface area contributed by atoms with Crippen LogP contribution in [0.1, 0.15) is 13.3 Å². The molecular weight excluding hydrogens is 168 g/mol. The van der Waals surface area contributed by atoms with Gasteiger partial charge in [0.15, 0.2) is 0 Å². The Kier molecular flexibility index (Phi) is 1.24. The van der Waals surface area contributed by atoms with E-state index in [0.29, 0.717) is 6.61 Å². The number of esters is 1. The zero-order valence-corrected chi connectivity index (χ0v) is 9.23. The van der Waals surface area contributed by atoms with E-state index in [9.17, 15) is 4.79 Å². The first-order chi connectivity index (χ1) is 5.33. The molecule has 2 fully saturated rings. The molecule has 2 rings (SSSR count). The fraction of sp³-hybridized carbons (Fsp3) is 0.889. The minimum Gasteiger partial charge on any atom is -0.465 e. The lowest BCUT2D eigenvalue weighted by Gasteiger charge is -2.25. The molecular formula is C9H16O2Si.